The Bertz CT molecular complexity index is 3220. The number of halogens is 1. The molecule has 448 valence electrons. The quantitative estimate of drug-likeness (QED) is 0.0572. The lowest BCUT2D eigenvalue weighted by atomic mass is 9.98. The Morgan fingerprint density at radius 3 is 1.48 bits per heavy atom. The summed E-state index contributed by atoms with van der Waals surface area (Å²) in [6.45, 7) is 22.5. The molecule has 10 rings (SSSR count). The Balaban J connectivity index is 0.000000201. The second-order valence-corrected chi connectivity index (χ2v) is 21.8. The van der Waals surface area contributed by atoms with Gasteiger partial charge in [-0.25, -0.2) is 4.79 Å². The van der Waals surface area contributed by atoms with Crippen LogP contribution in [-0.4, -0.2) is 129 Å². The molecular formula is C62H87ClN8O11. The number of nitrogens with zero attached hydrogens (tertiary/aromatic N) is 4. The fourth-order valence-corrected chi connectivity index (χ4v) is 12.2. The van der Waals surface area contributed by atoms with Crippen molar-refractivity contribution in [2.24, 2.45) is 5.73 Å². The van der Waals surface area contributed by atoms with Gasteiger partial charge in [-0.1, -0.05) is 12.8 Å². The number of anilines is 2. The number of likely N-dealkylation sites (tertiary alicyclic amines) is 2. The minimum absolute atomic E-state index is 0. The lowest BCUT2D eigenvalue weighted by Gasteiger charge is -2.36. The highest BCUT2D eigenvalue weighted by atomic mass is 35.5. The van der Waals surface area contributed by atoms with Gasteiger partial charge in [0.15, 0.2) is 0 Å². The third kappa shape index (κ3) is 15.1. The standard InChI is InChI=1S/C31H42N4O5.C23H32N2O4.C8H12N2O2.ClH/c1-5-35(22-9-13-39-14-10-22)26-17-28-24(16-23(40-28)19-34-11-7-6-8-12-34)29(21(26)3)31(37)32-18-25-27(38-4)15-20(2)33-30(25)36;1-3-25(17-7-11-28-12-8-17)20-14-21-19(22(16(20)2)23(26)27)13-18(29-21)15-24-9-5-4-6-10-24;1-5-3-7(12-2)6(4-9)8(11)10-5;/h15-17,22H,5-14,18-19H2,1-4H3,(H,32,37)(H,33,36);13-14,17H,3-12,15H2,1-2H3,(H,26,27);3H,4,9H2,1-2H3,(H,10,11);1H. The van der Waals surface area contributed by atoms with E-state index in [4.69, 9.17) is 33.5 Å². The van der Waals surface area contributed by atoms with Gasteiger partial charge < -0.3 is 63.7 Å². The number of carbonyl (C=O) groups is 2. The van der Waals surface area contributed by atoms with Crippen LogP contribution in [-0.2, 0) is 35.7 Å². The summed E-state index contributed by atoms with van der Waals surface area (Å²) in [7, 11) is 3.05. The van der Waals surface area contributed by atoms with Crippen LogP contribution >= 0.6 is 12.4 Å². The molecule has 0 bridgehead atoms. The maximum atomic E-state index is 13.9. The topological polar surface area (TPSA) is 234 Å². The zero-order valence-electron chi connectivity index (χ0n) is 49.4. The SMILES string of the molecule is CCN(c1cc2oc(CN3CCCCC3)cc2c(C(=O)NCc2c(OC)cc(C)[nH]c2=O)c1C)C1CCOCC1.CCN(c1cc2oc(CN3CCCCC3)cc2c(C(=O)O)c1C)C1CCOCC1.COc1cc(C)[nH]c(=O)c1CN.Cl. The Morgan fingerprint density at radius 2 is 1.06 bits per heavy atom. The molecule has 20 heteroatoms. The Labute approximate surface area is 487 Å². The van der Waals surface area contributed by atoms with E-state index in [1.807, 2.05) is 26.0 Å². The van der Waals surface area contributed by atoms with E-state index in [9.17, 15) is 24.3 Å². The minimum atomic E-state index is -0.886. The number of H-pyrrole nitrogens is 2. The zero-order chi connectivity index (χ0) is 57.7. The maximum absolute atomic E-state index is 13.9. The maximum Gasteiger partial charge on any atom is 0.336 e. The van der Waals surface area contributed by atoms with E-state index < -0.39 is 5.97 Å². The van der Waals surface area contributed by atoms with Crippen molar-refractivity contribution in [2.45, 2.75) is 144 Å². The van der Waals surface area contributed by atoms with E-state index in [2.05, 4.69) is 60.9 Å². The number of aromatic carboxylic acids is 1. The molecule has 8 heterocycles. The molecule has 2 aromatic carbocycles. The van der Waals surface area contributed by atoms with Gasteiger partial charge >= 0.3 is 5.97 Å². The van der Waals surface area contributed by atoms with Crippen molar-refractivity contribution in [3.05, 3.63) is 113 Å². The summed E-state index contributed by atoms with van der Waals surface area (Å²) in [6, 6.07) is 12.4. The van der Waals surface area contributed by atoms with E-state index in [0.29, 0.717) is 68.1 Å². The fraction of sp³-hybridized carbons (Fsp3) is 0.548. The van der Waals surface area contributed by atoms with Gasteiger partial charge in [-0.05, 0) is 154 Å². The van der Waals surface area contributed by atoms with Gasteiger partial charge in [0.25, 0.3) is 17.0 Å². The van der Waals surface area contributed by atoms with Crippen molar-refractivity contribution in [1.29, 1.82) is 0 Å². The first-order chi connectivity index (χ1) is 39.2. The number of piperidine rings is 2. The van der Waals surface area contributed by atoms with Crippen LogP contribution in [0.2, 0.25) is 0 Å². The summed E-state index contributed by atoms with van der Waals surface area (Å²) >= 11 is 0. The first kappa shape index (κ1) is 63.2. The van der Waals surface area contributed by atoms with Crippen LogP contribution in [0.4, 0.5) is 11.4 Å². The number of carboxylic acids is 1. The predicted octanol–water partition coefficient (Wildman–Crippen LogP) is 9.67. The molecule has 0 spiro atoms. The number of rotatable bonds is 17. The van der Waals surface area contributed by atoms with E-state index in [-0.39, 0.29) is 42.5 Å². The van der Waals surface area contributed by atoms with Crippen molar-refractivity contribution >= 4 is 57.6 Å². The average Bonchev–Trinajstić information content (AvgIpc) is 4.09. The number of aromatic nitrogens is 2. The normalized spacial score (nSPS) is 16.4. The molecule has 4 aliphatic heterocycles. The molecule has 0 atom stereocenters. The summed E-state index contributed by atoms with van der Waals surface area (Å²) in [5, 5.41) is 14.5. The zero-order valence-corrected chi connectivity index (χ0v) is 50.2. The number of aromatic amines is 2. The summed E-state index contributed by atoms with van der Waals surface area (Å²) in [5.74, 6) is 1.62. The lowest BCUT2D eigenvalue weighted by Crippen LogP contribution is -2.40. The number of nitrogens with two attached hydrogens (primary N) is 1. The van der Waals surface area contributed by atoms with Gasteiger partial charge in [0, 0.05) is 104 Å². The number of aryl methyl sites for hydroxylation is 2. The molecule has 82 heavy (non-hydrogen) atoms. The van der Waals surface area contributed by atoms with Crippen LogP contribution in [0.3, 0.4) is 0 Å². The number of hydrogen-bond acceptors (Lipinski definition) is 15. The van der Waals surface area contributed by atoms with Crippen molar-refractivity contribution in [1.82, 2.24) is 25.1 Å². The van der Waals surface area contributed by atoms with E-state index in [1.54, 1.807) is 26.0 Å². The highest BCUT2D eigenvalue weighted by Gasteiger charge is 2.30. The monoisotopic (exact) mass is 1150 g/mol. The minimum Gasteiger partial charge on any atom is -0.496 e. The molecule has 0 unspecified atom stereocenters. The van der Waals surface area contributed by atoms with Crippen molar-refractivity contribution < 1.29 is 42.5 Å². The number of amides is 1. The van der Waals surface area contributed by atoms with Crippen LogP contribution in [0.1, 0.15) is 144 Å². The van der Waals surface area contributed by atoms with Gasteiger partial charge in [0.2, 0.25) is 0 Å². The number of pyridine rings is 2. The molecule has 4 fully saturated rings. The molecule has 0 saturated carbocycles. The molecule has 19 nitrogen and oxygen atoms in total. The molecule has 6 aromatic rings. The fourth-order valence-electron chi connectivity index (χ4n) is 12.2. The molecule has 0 aliphatic carbocycles. The highest BCUT2D eigenvalue weighted by Crippen LogP contribution is 2.38. The first-order valence-corrected chi connectivity index (χ1v) is 29.2. The molecule has 4 aliphatic rings. The van der Waals surface area contributed by atoms with Crippen LogP contribution in [0.5, 0.6) is 11.5 Å². The highest BCUT2D eigenvalue weighted by molar-refractivity contribution is 6.09. The van der Waals surface area contributed by atoms with E-state index in [0.717, 1.165) is 150 Å². The third-order valence-corrected chi connectivity index (χ3v) is 16.4. The largest absolute Gasteiger partial charge is 0.496 e. The van der Waals surface area contributed by atoms with Crippen LogP contribution in [0, 0.1) is 27.7 Å². The Kier molecular flexibility index (Phi) is 22.9. The average molecular weight is 1160 g/mol. The number of ether oxygens (including phenoxy) is 4. The number of carbonyl (C=O) groups excluding carboxylic acids is 1. The van der Waals surface area contributed by atoms with Gasteiger partial charge in [-0.2, -0.15) is 0 Å². The molecule has 4 saturated heterocycles. The van der Waals surface area contributed by atoms with Crippen molar-refractivity contribution in [3.8, 4) is 11.5 Å². The smallest absolute Gasteiger partial charge is 0.336 e. The summed E-state index contributed by atoms with van der Waals surface area (Å²) < 4.78 is 34.2. The molecule has 6 N–H and O–H groups in total. The lowest BCUT2D eigenvalue weighted by molar-refractivity contribution is 0.0697. The first-order valence-electron chi connectivity index (χ1n) is 29.2. The van der Waals surface area contributed by atoms with Gasteiger partial charge in [-0.15, -0.1) is 12.4 Å². The molecule has 0 radical (unpaired) electrons. The van der Waals surface area contributed by atoms with Gasteiger partial charge in [0.1, 0.15) is 34.2 Å². The van der Waals surface area contributed by atoms with Crippen molar-refractivity contribution in [2.75, 3.05) is 89.7 Å². The Morgan fingerprint density at radius 1 is 0.646 bits per heavy atom. The van der Waals surface area contributed by atoms with Crippen molar-refractivity contribution in [3.63, 3.8) is 0 Å². The molecular weight excluding hydrogens is 1070 g/mol. The number of hydrogen-bond donors (Lipinski definition) is 5. The van der Waals surface area contributed by atoms with E-state index in [1.165, 1.54) is 52.7 Å². The molecule has 1 amide bonds. The van der Waals surface area contributed by atoms with Gasteiger partial charge in [0.05, 0.1) is 56.1 Å². The summed E-state index contributed by atoms with van der Waals surface area (Å²) in [4.78, 5) is 65.0. The third-order valence-electron chi connectivity index (χ3n) is 16.4. The summed E-state index contributed by atoms with van der Waals surface area (Å²) in [6.07, 6.45) is 11.2. The second-order valence-electron chi connectivity index (χ2n) is 21.8. The second kappa shape index (κ2) is 29.8. The predicted molar refractivity (Wildman–Crippen MR) is 324 cm³/mol. The van der Waals surface area contributed by atoms with Gasteiger partial charge in [-0.3, -0.25) is 24.2 Å². The molecule has 4 aromatic heterocycles. The van der Waals surface area contributed by atoms with Crippen LogP contribution < -0.4 is 41.4 Å². The van der Waals surface area contributed by atoms with Crippen LogP contribution in [0.25, 0.3) is 21.9 Å². The summed E-state index contributed by atoms with van der Waals surface area (Å²) in [5.41, 5.74) is 13.4. The number of fused-ring (bicyclic) bond motifs is 2. The Hall–Kier alpha value is -6.35. The number of carboxylic acid groups (broad SMARTS) is 1. The number of nitrogens with one attached hydrogen (secondary N) is 3. The number of methoxy groups -OCH3 is 2. The number of benzene rings is 2. The number of furan rings is 2. The van der Waals surface area contributed by atoms with Crippen LogP contribution in [0.15, 0.2) is 54.8 Å². The van der Waals surface area contributed by atoms with E-state index >= 15 is 0 Å².